The van der Waals surface area contributed by atoms with Crippen molar-refractivity contribution in [3.8, 4) is 5.75 Å². The number of carbonyl (C=O) groups excluding carboxylic acids is 2. The maximum atomic E-state index is 13.5. The number of amides is 2. The molecule has 11 nitrogen and oxygen atoms in total. The molecule has 4 rings (SSSR count). The molecule has 230 valence electrons. The van der Waals surface area contributed by atoms with Crippen molar-refractivity contribution in [1.82, 2.24) is 9.80 Å². The first-order chi connectivity index (χ1) is 20.4. The molecule has 3 aromatic rings. The van der Waals surface area contributed by atoms with Gasteiger partial charge in [0, 0.05) is 31.1 Å². The average Bonchev–Trinajstić information content (AvgIpc) is 2.95. The molecule has 0 fully saturated rings. The highest BCUT2D eigenvalue weighted by molar-refractivity contribution is 7.92. The molecule has 0 saturated heterocycles. The smallest absolute Gasteiger partial charge is 0.258 e. The van der Waals surface area contributed by atoms with Crippen LogP contribution in [0.1, 0.15) is 40.1 Å². The average molecular weight is 610 g/mol. The molecule has 0 spiro atoms. The zero-order valence-corrected chi connectivity index (χ0v) is 25.6. The number of hydrogen-bond acceptors (Lipinski definition) is 8. The van der Waals surface area contributed by atoms with Crippen LogP contribution in [0.5, 0.6) is 5.75 Å². The molecular weight excluding hydrogens is 570 g/mol. The summed E-state index contributed by atoms with van der Waals surface area (Å²) in [5.41, 5.74) is 8.85. The topological polar surface area (TPSA) is 154 Å². The molecule has 1 aliphatic heterocycles. The maximum absolute atomic E-state index is 13.5. The van der Waals surface area contributed by atoms with Crippen LogP contribution in [-0.4, -0.2) is 80.3 Å². The number of ether oxygens (including phenoxy) is 1. The van der Waals surface area contributed by atoms with Crippen molar-refractivity contribution in [3.63, 3.8) is 0 Å². The quantitative estimate of drug-likeness (QED) is 0.256. The number of nitrogens with two attached hydrogens (primary N) is 1. The molecule has 1 heterocycles. The molecule has 5 N–H and O–H groups in total. The van der Waals surface area contributed by atoms with Gasteiger partial charge in [-0.3, -0.25) is 19.2 Å². The lowest BCUT2D eigenvalue weighted by Crippen LogP contribution is -2.49. The van der Waals surface area contributed by atoms with E-state index in [2.05, 4.69) is 14.9 Å². The number of nitrogens with zero attached hydrogens (tertiary/aromatic N) is 2. The second-order valence-corrected chi connectivity index (χ2v) is 12.9. The van der Waals surface area contributed by atoms with Gasteiger partial charge in [-0.2, -0.15) is 0 Å². The van der Waals surface area contributed by atoms with E-state index in [9.17, 15) is 23.1 Å². The SMILES string of the molecule is C[C@@H]1CN([C@H](C)CO)C(=O)c2cccc(NS(C)(=O)=O)c2O[C@H]1CN(C)Cc1ccc(C(=O)Nc2ccccc2N)cc1. The van der Waals surface area contributed by atoms with Gasteiger partial charge in [0.05, 0.1) is 41.5 Å². The van der Waals surface area contributed by atoms with Crippen LogP contribution in [-0.2, 0) is 16.6 Å². The van der Waals surface area contributed by atoms with Gasteiger partial charge in [0.2, 0.25) is 10.0 Å². The standard InChI is InChI=1S/C31H39N5O6S/c1-20-16-36(21(2)19-37)31(39)24-8-7-11-27(34-43(4,40)41)29(24)42-28(20)18-35(3)17-22-12-14-23(15-13-22)30(38)33-26-10-6-5-9-25(26)32/h5-15,20-21,28,34,37H,16-19,32H2,1-4H3,(H,33,38)/t20-,21-,28+/m1/s1. The van der Waals surface area contributed by atoms with Crippen LogP contribution < -0.4 is 20.5 Å². The molecule has 0 aromatic heterocycles. The second-order valence-electron chi connectivity index (χ2n) is 11.1. The summed E-state index contributed by atoms with van der Waals surface area (Å²) in [6.07, 6.45) is 0.617. The summed E-state index contributed by atoms with van der Waals surface area (Å²) in [6, 6.07) is 18.7. The molecule has 12 heteroatoms. The number of anilines is 3. The molecule has 0 saturated carbocycles. The predicted molar refractivity (Wildman–Crippen MR) is 168 cm³/mol. The van der Waals surface area contributed by atoms with E-state index in [-0.39, 0.29) is 41.3 Å². The fraction of sp³-hybridized carbons (Fsp3) is 0.355. The molecule has 1 aliphatic rings. The number of sulfonamides is 1. The Kier molecular flexibility index (Phi) is 9.95. The Morgan fingerprint density at radius 3 is 2.44 bits per heavy atom. The number of aliphatic hydroxyl groups is 1. The highest BCUT2D eigenvalue weighted by Gasteiger charge is 2.34. The third kappa shape index (κ3) is 8.04. The third-order valence-corrected chi connectivity index (χ3v) is 7.95. The van der Waals surface area contributed by atoms with Gasteiger partial charge >= 0.3 is 0 Å². The minimum Gasteiger partial charge on any atom is -0.486 e. The van der Waals surface area contributed by atoms with Gasteiger partial charge in [-0.05, 0) is 55.9 Å². The Hall–Kier alpha value is -4.13. The van der Waals surface area contributed by atoms with E-state index in [4.69, 9.17) is 10.5 Å². The van der Waals surface area contributed by atoms with Gasteiger partial charge < -0.3 is 25.8 Å². The molecular formula is C31H39N5O6S. The normalized spacial score (nSPS) is 17.8. The Balaban J connectivity index is 1.52. The number of benzene rings is 3. The summed E-state index contributed by atoms with van der Waals surface area (Å²) >= 11 is 0. The van der Waals surface area contributed by atoms with E-state index in [1.165, 1.54) is 0 Å². The summed E-state index contributed by atoms with van der Waals surface area (Å²) < 4.78 is 33.1. The van der Waals surface area contributed by atoms with Crippen molar-refractivity contribution >= 4 is 38.9 Å². The first kappa shape index (κ1) is 31.8. The van der Waals surface area contributed by atoms with Crippen LogP contribution in [0.15, 0.2) is 66.7 Å². The first-order valence-corrected chi connectivity index (χ1v) is 15.9. The molecule has 0 unspecified atom stereocenters. The second kappa shape index (κ2) is 13.4. The van der Waals surface area contributed by atoms with Crippen molar-refractivity contribution < 1.29 is 27.9 Å². The summed E-state index contributed by atoms with van der Waals surface area (Å²) in [7, 11) is -1.71. The molecule has 0 aliphatic carbocycles. The Labute approximate surface area is 252 Å². The van der Waals surface area contributed by atoms with E-state index in [1.807, 2.05) is 26.1 Å². The van der Waals surface area contributed by atoms with Crippen LogP contribution in [0.25, 0.3) is 0 Å². The van der Waals surface area contributed by atoms with Crippen molar-refractivity contribution in [3.05, 3.63) is 83.4 Å². The fourth-order valence-electron chi connectivity index (χ4n) is 4.99. The predicted octanol–water partition coefficient (Wildman–Crippen LogP) is 3.24. The monoisotopic (exact) mass is 609 g/mol. The van der Waals surface area contributed by atoms with Gasteiger partial charge in [0.15, 0.2) is 5.75 Å². The summed E-state index contributed by atoms with van der Waals surface area (Å²) in [4.78, 5) is 29.9. The third-order valence-electron chi connectivity index (χ3n) is 7.36. The first-order valence-electron chi connectivity index (χ1n) is 14.0. The summed E-state index contributed by atoms with van der Waals surface area (Å²) in [6.45, 7) is 4.87. The number of fused-ring (bicyclic) bond motifs is 1. The Bertz CT molecular complexity index is 1560. The lowest BCUT2D eigenvalue weighted by Gasteiger charge is -2.38. The van der Waals surface area contributed by atoms with Crippen molar-refractivity contribution in [1.29, 1.82) is 0 Å². The van der Waals surface area contributed by atoms with Gasteiger partial charge in [-0.25, -0.2) is 8.42 Å². The lowest BCUT2D eigenvalue weighted by molar-refractivity contribution is 0.0344. The number of nitrogen functional groups attached to an aromatic ring is 1. The molecule has 2 amide bonds. The molecule has 0 radical (unpaired) electrons. The van der Waals surface area contributed by atoms with Gasteiger partial charge in [0.1, 0.15) is 6.10 Å². The number of rotatable bonds is 10. The Morgan fingerprint density at radius 1 is 1.12 bits per heavy atom. The van der Waals surface area contributed by atoms with Gasteiger partial charge in [-0.15, -0.1) is 0 Å². The van der Waals surface area contributed by atoms with Crippen LogP contribution in [0.2, 0.25) is 0 Å². The van der Waals surface area contributed by atoms with Gasteiger partial charge in [-0.1, -0.05) is 37.3 Å². The van der Waals surface area contributed by atoms with E-state index in [1.54, 1.807) is 66.4 Å². The van der Waals surface area contributed by atoms with Crippen LogP contribution in [0.3, 0.4) is 0 Å². The number of para-hydroxylation sites is 3. The highest BCUT2D eigenvalue weighted by Crippen LogP contribution is 2.35. The largest absolute Gasteiger partial charge is 0.486 e. The van der Waals surface area contributed by atoms with Crippen LogP contribution in [0, 0.1) is 5.92 Å². The number of carbonyl (C=O) groups is 2. The lowest BCUT2D eigenvalue weighted by atomic mass is 9.99. The number of nitrogens with one attached hydrogen (secondary N) is 2. The minimum absolute atomic E-state index is 0.156. The molecule has 3 aromatic carbocycles. The molecule has 0 bridgehead atoms. The van der Waals surface area contributed by atoms with Crippen molar-refractivity contribution in [2.75, 3.05) is 48.8 Å². The Morgan fingerprint density at radius 2 is 1.79 bits per heavy atom. The molecule has 43 heavy (non-hydrogen) atoms. The molecule has 3 atom stereocenters. The van der Waals surface area contributed by atoms with Crippen LogP contribution in [0.4, 0.5) is 17.1 Å². The summed E-state index contributed by atoms with van der Waals surface area (Å²) in [5.74, 6) is -0.599. The number of likely N-dealkylation sites (N-methyl/N-ethyl adjacent to an activating group) is 1. The number of hydrogen-bond donors (Lipinski definition) is 4. The van der Waals surface area contributed by atoms with E-state index < -0.39 is 22.2 Å². The van der Waals surface area contributed by atoms with Gasteiger partial charge in [0.25, 0.3) is 11.8 Å². The zero-order valence-electron chi connectivity index (χ0n) is 24.8. The number of aliphatic hydroxyl groups excluding tert-OH is 1. The van der Waals surface area contributed by atoms with E-state index in [0.29, 0.717) is 36.6 Å². The highest BCUT2D eigenvalue weighted by atomic mass is 32.2. The van der Waals surface area contributed by atoms with E-state index in [0.717, 1.165) is 11.8 Å². The summed E-state index contributed by atoms with van der Waals surface area (Å²) in [5, 5.41) is 12.7. The zero-order chi connectivity index (χ0) is 31.3. The fourth-order valence-corrected chi connectivity index (χ4v) is 5.55. The van der Waals surface area contributed by atoms with Crippen LogP contribution >= 0.6 is 0 Å². The van der Waals surface area contributed by atoms with E-state index >= 15 is 0 Å². The van der Waals surface area contributed by atoms with Crippen molar-refractivity contribution in [2.45, 2.75) is 32.5 Å². The minimum atomic E-state index is -3.65. The maximum Gasteiger partial charge on any atom is 0.258 e. The van der Waals surface area contributed by atoms with Crippen molar-refractivity contribution in [2.24, 2.45) is 5.92 Å².